The number of pyridine rings is 1. The second-order valence-corrected chi connectivity index (χ2v) is 11.3. The number of sulfonamides is 1. The molecule has 0 aliphatic heterocycles. The largest absolute Gasteiger partial charge is 0.484 e. The van der Waals surface area contributed by atoms with Crippen molar-refractivity contribution in [1.82, 2.24) is 14.8 Å². The molecule has 0 saturated heterocycles. The Labute approximate surface area is 238 Å². The van der Waals surface area contributed by atoms with Crippen molar-refractivity contribution in [3.8, 4) is 28.1 Å². The Morgan fingerprint density at radius 2 is 1.68 bits per heavy atom. The standard InChI is InChI=1S/C28H23ClF3N5O3S/c1-15(16-5-10-20(30)11-6-16)40-23-13-18(7-12-22(23)36-41(38,39)28(31)32)25-24-26(37(2)35-25)21(14-34-27(24)33)17-3-8-19(29)9-4-17/h3-15,28,36H,1-2H3,(H2,33,34)/t15-/m0/s1. The van der Waals surface area contributed by atoms with Gasteiger partial charge in [0, 0.05) is 29.4 Å². The summed E-state index contributed by atoms with van der Waals surface area (Å²) >= 11 is 6.06. The summed E-state index contributed by atoms with van der Waals surface area (Å²) in [6, 6.07) is 17.0. The van der Waals surface area contributed by atoms with E-state index in [9.17, 15) is 21.6 Å². The van der Waals surface area contributed by atoms with E-state index >= 15 is 0 Å². The highest BCUT2D eigenvalue weighted by Crippen LogP contribution is 2.40. The summed E-state index contributed by atoms with van der Waals surface area (Å²) in [4.78, 5) is 4.36. The van der Waals surface area contributed by atoms with Crippen LogP contribution in [0.5, 0.6) is 5.75 Å². The van der Waals surface area contributed by atoms with Crippen LogP contribution in [-0.4, -0.2) is 28.9 Å². The fourth-order valence-electron chi connectivity index (χ4n) is 4.42. The van der Waals surface area contributed by atoms with E-state index in [1.54, 1.807) is 37.0 Å². The Hall–Kier alpha value is -4.29. The van der Waals surface area contributed by atoms with E-state index in [1.165, 1.54) is 42.5 Å². The van der Waals surface area contributed by atoms with Gasteiger partial charge in [0.25, 0.3) is 10.0 Å². The molecule has 41 heavy (non-hydrogen) atoms. The highest BCUT2D eigenvalue weighted by Gasteiger charge is 2.27. The lowest BCUT2D eigenvalue weighted by Gasteiger charge is -2.19. The van der Waals surface area contributed by atoms with Gasteiger partial charge < -0.3 is 10.5 Å². The summed E-state index contributed by atoms with van der Waals surface area (Å²) in [5.74, 6) is -3.96. The number of halogens is 4. The van der Waals surface area contributed by atoms with Gasteiger partial charge in [-0.1, -0.05) is 41.9 Å². The molecule has 0 unspecified atom stereocenters. The summed E-state index contributed by atoms with van der Waals surface area (Å²) in [5.41, 5.74) is 9.79. The fraction of sp³-hybridized carbons (Fsp3) is 0.143. The zero-order valence-electron chi connectivity index (χ0n) is 21.6. The monoisotopic (exact) mass is 601 g/mol. The topological polar surface area (TPSA) is 112 Å². The first kappa shape index (κ1) is 28.2. The van der Waals surface area contributed by atoms with Gasteiger partial charge in [0.2, 0.25) is 0 Å². The van der Waals surface area contributed by atoms with E-state index < -0.39 is 27.7 Å². The van der Waals surface area contributed by atoms with Gasteiger partial charge in [-0.25, -0.2) is 17.8 Å². The molecule has 0 aliphatic carbocycles. The van der Waals surface area contributed by atoms with Crippen molar-refractivity contribution in [2.75, 3.05) is 10.5 Å². The number of nitrogen functional groups attached to an aromatic ring is 1. The highest BCUT2D eigenvalue weighted by atomic mass is 35.5. The molecule has 0 aliphatic rings. The molecule has 3 N–H and O–H groups in total. The summed E-state index contributed by atoms with van der Waals surface area (Å²) < 4.78 is 73.4. The summed E-state index contributed by atoms with van der Waals surface area (Å²) in [5, 5.41) is 5.76. The van der Waals surface area contributed by atoms with Crippen molar-refractivity contribution < 1.29 is 26.3 Å². The van der Waals surface area contributed by atoms with E-state index in [4.69, 9.17) is 22.1 Å². The van der Waals surface area contributed by atoms with Crippen LogP contribution in [-0.2, 0) is 17.1 Å². The number of benzene rings is 3. The first-order valence-electron chi connectivity index (χ1n) is 12.2. The molecule has 0 bridgehead atoms. The predicted molar refractivity (Wildman–Crippen MR) is 153 cm³/mol. The van der Waals surface area contributed by atoms with Gasteiger partial charge in [-0.2, -0.15) is 13.9 Å². The number of hydrogen-bond donors (Lipinski definition) is 2. The maximum Gasteiger partial charge on any atom is 0.355 e. The van der Waals surface area contributed by atoms with Gasteiger partial charge >= 0.3 is 5.76 Å². The van der Waals surface area contributed by atoms with Gasteiger partial charge in [0.15, 0.2) is 0 Å². The quantitative estimate of drug-likeness (QED) is 0.203. The van der Waals surface area contributed by atoms with Crippen LogP contribution in [0.25, 0.3) is 33.3 Å². The Bertz CT molecular complexity index is 1850. The number of nitrogens with one attached hydrogen (secondary N) is 1. The lowest BCUT2D eigenvalue weighted by atomic mass is 10.0. The minimum Gasteiger partial charge on any atom is -0.484 e. The van der Waals surface area contributed by atoms with Crippen LogP contribution in [0.3, 0.4) is 0 Å². The molecular formula is C28H23ClF3N5O3S. The first-order chi connectivity index (χ1) is 19.4. The van der Waals surface area contributed by atoms with Crippen LogP contribution in [0, 0.1) is 5.82 Å². The lowest BCUT2D eigenvalue weighted by Crippen LogP contribution is -2.21. The first-order valence-corrected chi connectivity index (χ1v) is 14.1. The van der Waals surface area contributed by atoms with Crippen molar-refractivity contribution in [2.45, 2.75) is 18.8 Å². The number of fused-ring (bicyclic) bond motifs is 1. The Morgan fingerprint density at radius 3 is 2.34 bits per heavy atom. The van der Waals surface area contributed by atoms with Crippen molar-refractivity contribution in [1.29, 1.82) is 0 Å². The number of aromatic nitrogens is 3. The van der Waals surface area contributed by atoms with Crippen molar-refractivity contribution in [2.24, 2.45) is 7.05 Å². The van der Waals surface area contributed by atoms with Crippen molar-refractivity contribution in [3.05, 3.63) is 89.3 Å². The summed E-state index contributed by atoms with van der Waals surface area (Å²) in [7, 11) is -3.27. The zero-order chi connectivity index (χ0) is 29.5. The van der Waals surface area contributed by atoms with E-state index in [-0.39, 0.29) is 17.3 Å². The van der Waals surface area contributed by atoms with Crippen molar-refractivity contribution in [3.63, 3.8) is 0 Å². The number of nitrogens with zero attached hydrogens (tertiary/aromatic N) is 3. The molecule has 13 heteroatoms. The lowest BCUT2D eigenvalue weighted by molar-refractivity contribution is 0.228. The fourth-order valence-corrected chi connectivity index (χ4v) is 5.11. The van der Waals surface area contributed by atoms with Crippen molar-refractivity contribution >= 4 is 44.0 Å². The minimum atomic E-state index is -5.01. The summed E-state index contributed by atoms with van der Waals surface area (Å²) in [6.07, 6.45) is 0.928. The second kappa shape index (κ2) is 10.9. The predicted octanol–water partition coefficient (Wildman–Crippen LogP) is 6.78. The maximum absolute atomic E-state index is 13.4. The van der Waals surface area contributed by atoms with E-state index in [2.05, 4.69) is 10.1 Å². The molecule has 1 atom stereocenters. The third-order valence-corrected chi connectivity index (χ3v) is 7.66. The van der Waals surface area contributed by atoms with Crippen LogP contribution in [0.1, 0.15) is 18.6 Å². The number of anilines is 2. The van der Waals surface area contributed by atoms with E-state index in [0.29, 0.717) is 32.7 Å². The third-order valence-electron chi connectivity index (χ3n) is 6.43. The zero-order valence-corrected chi connectivity index (χ0v) is 23.2. The van der Waals surface area contributed by atoms with Crippen LogP contribution in [0.4, 0.5) is 24.7 Å². The summed E-state index contributed by atoms with van der Waals surface area (Å²) in [6.45, 7) is 1.65. The molecule has 5 aromatic rings. The van der Waals surface area contributed by atoms with Crippen LogP contribution < -0.4 is 15.2 Å². The Kier molecular flexibility index (Phi) is 7.54. The number of nitrogens with two attached hydrogens (primary N) is 1. The average molecular weight is 602 g/mol. The van der Waals surface area contributed by atoms with Gasteiger partial charge in [-0.15, -0.1) is 0 Å². The average Bonchev–Trinajstić information content (AvgIpc) is 3.28. The van der Waals surface area contributed by atoms with Crippen LogP contribution in [0.15, 0.2) is 72.9 Å². The SMILES string of the molecule is C[C@H](Oc1cc(-c2nn(C)c3c(-c4ccc(Cl)cc4)cnc(N)c23)ccc1NS(=O)(=O)C(F)F)c1ccc(F)cc1. The van der Waals surface area contributed by atoms with E-state index in [0.717, 1.165) is 11.1 Å². The third kappa shape index (κ3) is 5.66. The number of rotatable bonds is 8. The number of ether oxygens (including phenoxy) is 1. The molecular weight excluding hydrogens is 579 g/mol. The number of alkyl halides is 2. The Balaban J connectivity index is 1.64. The molecule has 5 rings (SSSR count). The molecule has 0 saturated carbocycles. The molecule has 0 radical (unpaired) electrons. The minimum absolute atomic E-state index is 0.0530. The van der Waals surface area contributed by atoms with Gasteiger partial charge in [0.05, 0.1) is 16.6 Å². The van der Waals surface area contributed by atoms with Crippen LogP contribution >= 0.6 is 11.6 Å². The van der Waals surface area contributed by atoms with Crippen LogP contribution in [0.2, 0.25) is 5.02 Å². The smallest absolute Gasteiger partial charge is 0.355 e. The van der Waals surface area contributed by atoms with Gasteiger partial charge in [-0.3, -0.25) is 9.40 Å². The van der Waals surface area contributed by atoms with E-state index in [1.807, 2.05) is 16.9 Å². The molecule has 212 valence electrons. The van der Waals surface area contributed by atoms with Gasteiger partial charge in [-0.05, 0) is 54.4 Å². The number of aryl methyl sites for hydroxylation is 1. The molecule has 3 aromatic carbocycles. The maximum atomic E-state index is 13.4. The molecule has 2 aromatic heterocycles. The molecule has 2 heterocycles. The number of hydrogen-bond acceptors (Lipinski definition) is 6. The molecule has 0 amide bonds. The molecule has 8 nitrogen and oxygen atoms in total. The normalized spacial score (nSPS) is 12.6. The molecule has 0 fully saturated rings. The Morgan fingerprint density at radius 1 is 1.02 bits per heavy atom. The molecule has 0 spiro atoms. The highest BCUT2D eigenvalue weighted by molar-refractivity contribution is 7.93. The van der Waals surface area contributed by atoms with Gasteiger partial charge in [0.1, 0.15) is 29.2 Å². The second-order valence-electron chi connectivity index (χ2n) is 9.19.